The predicted molar refractivity (Wildman–Crippen MR) is 93.9 cm³/mol. The Morgan fingerprint density at radius 3 is 2.52 bits per heavy atom. The van der Waals surface area contributed by atoms with E-state index in [0.717, 1.165) is 0 Å². The fourth-order valence-corrected chi connectivity index (χ4v) is 2.95. The second-order valence-corrected chi connectivity index (χ2v) is 5.92. The number of carbonyl (C=O) groups excluding carboxylic acids is 2. The number of nitrogens with zero attached hydrogens (tertiary/aromatic N) is 3. The van der Waals surface area contributed by atoms with Gasteiger partial charge >= 0.3 is 6.61 Å². The number of primary amides is 1. The zero-order valence-electron chi connectivity index (χ0n) is 14.3. The highest BCUT2D eigenvalue weighted by Gasteiger charge is 2.25. The SMILES string of the molecule is NC(=O)c1cccnc1N1CCN(C(=O)c2cccc(OC(F)F)c2)CC1. The molecule has 0 aliphatic carbocycles. The Morgan fingerprint density at radius 1 is 1.11 bits per heavy atom. The molecule has 1 fully saturated rings. The molecule has 2 aromatic rings. The van der Waals surface area contributed by atoms with Gasteiger partial charge in [-0.15, -0.1) is 0 Å². The van der Waals surface area contributed by atoms with Crippen LogP contribution in [0.3, 0.4) is 0 Å². The molecule has 0 saturated carbocycles. The van der Waals surface area contributed by atoms with E-state index in [4.69, 9.17) is 5.73 Å². The largest absolute Gasteiger partial charge is 0.435 e. The summed E-state index contributed by atoms with van der Waals surface area (Å²) in [5.74, 6) is -0.406. The van der Waals surface area contributed by atoms with E-state index in [2.05, 4.69) is 9.72 Å². The lowest BCUT2D eigenvalue weighted by Crippen LogP contribution is -2.49. The van der Waals surface area contributed by atoms with Gasteiger partial charge in [-0.2, -0.15) is 8.78 Å². The van der Waals surface area contributed by atoms with Crippen molar-refractivity contribution in [3.8, 4) is 5.75 Å². The number of pyridine rings is 1. The van der Waals surface area contributed by atoms with E-state index in [1.807, 2.05) is 4.90 Å². The first-order valence-corrected chi connectivity index (χ1v) is 8.29. The molecule has 0 atom stereocenters. The summed E-state index contributed by atoms with van der Waals surface area (Å²) in [5.41, 5.74) is 5.99. The molecule has 27 heavy (non-hydrogen) atoms. The second-order valence-electron chi connectivity index (χ2n) is 5.92. The highest BCUT2D eigenvalue weighted by molar-refractivity contribution is 5.98. The molecule has 1 saturated heterocycles. The van der Waals surface area contributed by atoms with Crippen LogP contribution in [0.2, 0.25) is 0 Å². The second kappa shape index (κ2) is 7.98. The van der Waals surface area contributed by atoms with Crippen LogP contribution < -0.4 is 15.4 Å². The molecule has 7 nitrogen and oxygen atoms in total. The van der Waals surface area contributed by atoms with Gasteiger partial charge in [0.2, 0.25) is 0 Å². The van der Waals surface area contributed by atoms with Crippen molar-refractivity contribution in [3.05, 3.63) is 53.7 Å². The summed E-state index contributed by atoms with van der Waals surface area (Å²) in [5, 5.41) is 0. The van der Waals surface area contributed by atoms with Gasteiger partial charge in [-0.3, -0.25) is 9.59 Å². The number of hydrogen-bond acceptors (Lipinski definition) is 5. The van der Waals surface area contributed by atoms with Crippen LogP contribution in [0.15, 0.2) is 42.6 Å². The summed E-state index contributed by atoms with van der Waals surface area (Å²) in [6.07, 6.45) is 1.58. The van der Waals surface area contributed by atoms with Gasteiger partial charge in [0, 0.05) is 37.9 Å². The van der Waals surface area contributed by atoms with Gasteiger partial charge in [0.05, 0.1) is 5.56 Å². The molecular weight excluding hydrogens is 358 g/mol. The standard InChI is InChI=1S/C18H18F2N4O3/c19-18(20)27-13-4-1-3-12(11-13)17(26)24-9-7-23(8-10-24)16-14(15(21)25)5-2-6-22-16/h1-6,11,18H,7-10H2,(H2,21,25). The highest BCUT2D eigenvalue weighted by Crippen LogP contribution is 2.21. The van der Waals surface area contributed by atoms with E-state index in [-0.39, 0.29) is 17.2 Å². The van der Waals surface area contributed by atoms with Crippen LogP contribution in [0.4, 0.5) is 14.6 Å². The highest BCUT2D eigenvalue weighted by atomic mass is 19.3. The van der Waals surface area contributed by atoms with Gasteiger partial charge < -0.3 is 20.3 Å². The summed E-state index contributed by atoms with van der Waals surface area (Å²) in [6.45, 7) is -1.22. The van der Waals surface area contributed by atoms with Gasteiger partial charge in [-0.25, -0.2) is 4.98 Å². The Kier molecular flexibility index (Phi) is 5.49. The Morgan fingerprint density at radius 2 is 1.85 bits per heavy atom. The number of amides is 2. The van der Waals surface area contributed by atoms with Crippen molar-refractivity contribution in [3.63, 3.8) is 0 Å². The van der Waals surface area contributed by atoms with Crippen LogP contribution >= 0.6 is 0 Å². The summed E-state index contributed by atoms with van der Waals surface area (Å²) >= 11 is 0. The fourth-order valence-electron chi connectivity index (χ4n) is 2.95. The number of alkyl halides is 2. The topological polar surface area (TPSA) is 88.8 Å². The molecule has 1 aromatic heterocycles. The molecule has 2 N–H and O–H groups in total. The summed E-state index contributed by atoms with van der Waals surface area (Å²) in [7, 11) is 0. The molecule has 9 heteroatoms. The van der Waals surface area contributed by atoms with Crippen molar-refractivity contribution in [1.29, 1.82) is 0 Å². The van der Waals surface area contributed by atoms with Gasteiger partial charge in [0.15, 0.2) is 0 Å². The third kappa shape index (κ3) is 4.30. The molecule has 0 bridgehead atoms. The maximum Gasteiger partial charge on any atom is 0.387 e. The maximum atomic E-state index is 12.6. The smallest absolute Gasteiger partial charge is 0.387 e. The first-order chi connectivity index (χ1) is 13.0. The molecule has 0 spiro atoms. The van der Waals surface area contributed by atoms with Gasteiger partial charge in [-0.1, -0.05) is 6.07 Å². The van der Waals surface area contributed by atoms with Crippen LogP contribution in [0, 0.1) is 0 Å². The summed E-state index contributed by atoms with van der Waals surface area (Å²) in [6, 6.07) is 8.96. The van der Waals surface area contributed by atoms with Crippen molar-refractivity contribution >= 4 is 17.6 Å². The monoisotopic (exact) mass is 376 g/mol. The molecular formula is C18H18F2N4O3. The van der Waals surface area contributed by atoms with Crippen LogP contribution in [-0.4, -0.2) is 54.5 Å². The van der Waals surface area contributed by atoms with Crippen molar-refractivity contribution < 1.29 is 23.1 Å². The molecule has 1 aromatic carbocycles. The number of carbonyl (C=O) groups is 2. The number of aromatic nitrogens is 1. The van der Waals surface area contributed by atoms with Gasteiger partial charge in [0.1, 0.15) is 11.6 Å². The molecule has 142 valence electrons. The molecule has 0 unspecified atom stereocenters. The minimum Gasteiger partial charge on any atom is -0.435 e. The Hall–Kier alpha value is -3.23. The fraction of sp³-hybridized carbons (Fsp3) is 0.278. The van der Waals surface area contributed by atoms with E-state index in [9.17, 15) is 18.4 Å². The van der Waals surface area contributed by atoms with E-state index < -0.39 is 12.5 Å². The zero-order chi connectivity index (χ0) is 19.4. The number of rotatable bonds is 5. The molecule has 2 heterocycles. The molecule has 1 aliphatic rings. The number of benzene rings is 1. The number of hydrogen-bond donors (Lipinski definition) is 1. The van der Waals surface area contributed by atoms with E-state index in [0.29, 0.717) is 37.6 Å². The quantitative estimate of drug-likeness (QED) is 0.859. The number of nitrogens with two attached hydrogens (primary N) is 1. The normalized spacial score (nSPS) is 14.3. The van der Waals surface area contributed by atoms with Crippen molar-refractivity contribution in [2.45, 2.75) is 6.61 Å². The first kappa shape index (κ1) is 18.6. The lowest BCUT2D eigenvalue weighted by Gasteiger charge is -2.36. The molecule has 1 aliphatic heterocycles. The van der Waals surface area contributed by atoms with Crippen LogP contribution in [0.5, 0.6) is 5.75 Å². The lowest BCUT2D eigenvalue weighted by atomic mass is 10.1. The van der Waals surface area contributed by atoms with E-state index in [1.165, 1.54) is 18.2 Å². The van der Waals surface area contributed by atoms with E-state index in [1.54, 1.807) is 29.3 Å². The Bertz CT molecular complexity index is 839. The summed E-state index contributed by atoms with van der Waals surface area (Å²) in [4.78, 5) is 31.9. The molecule has 2 amide bonds. The lowest BCUT2D eigenvalue weighted by molar-refractivity contribution is -0.0499. The summed E-state index contributed by atoms with van der Waals surface area (Å²) < 4.78 is 29.0. The third-order valence-corrected chi connectivity index (χ3v) is 4.22. The molecule has 3 rings (SSSR count). The van der Waals surface area contributed by atoms with Gasteiger partial charge in [-0.05, 0) is 30.3 Å². The number of halogens is 2. The van der Waals surface area contributed by atoms with Crippen LogP contribution in [0.1, 0.15) is 20.7 Å². The number of anilines is 1. The molecule has 0 radical (unpaired) electrons. The Labute approximate surface area is 154 Å². The van der Waals surface area contributed by atoms with Crippen LogP contribution in [0.25, 0.3) is 0 Å². The average Bonchev–Trinajstić information content (AvgIpc) is 2.67. The average molecular weight is 376 g/mol. The van der Waals surface area contributed by atoms with E-state index >= 15 is 0 Å². The number of ether oxygens (including phenoxy) is 1. The van der Waals surface area contributed by atoms with Crippen molar-refractivity contribution in [2.75, 3.05) is 31.1 Å². The van der Waals surface area contributed by atoms with Crippen molar-refractivity contribution in [2.24, 2.45) is 5.73 Å². The predicted octanol–water partition coefficient (Wildman–Crippen LogP) is 1.74. The number of piperazine rings is 1. The minimum absolute atomic E-state index is 0.0610. The maximum absolute atomic E-state index is 12.6. The van der Waals surface area contributed by atoms with Crippen molar-refractivity contribution in [1.82, 2.24) is 9.88 Å². The zero-order valence-corrected chi connectivity index (χ0v) is 14.3. The Balaban J connectivity index is 1.67. The first-order valence-electron chi connectivity index (χ1n) is 8.29. The third-order valence-electron chi connectivity index (χ3n) is 4.22. The minimum atomic E-state index is -2.95. The van der Waals surface area contributed by atoms with Gasteiger partial charge in [0.25, 0.3) is 11.8 Å². The van der Waals surface area contributed by atoms with Crippen LogP contribution in [-0.2, 0) is 0 Å².